The van der Waals surface area contributed by atoms with Gasteiger partial charge in [-0.15, -0.1) is 17.9 Å². The smallest absolute Gasteiger partial charge is 0.263 e. The summed E-state index contributed by atoms with van der Waals surface area (Å²) < 4.78 is 7.20. The molecule has 1 amide bonds. The van der Waals surface area contributed by atoms with Crippen LogP contribution < -0.4 is 10.9 Å². The van der Waals surface area contributed by atoms with Crippen molar-refractivity contribution in [1.82, 2.24) is 14.9 Å². The highest BCUT2D eigenvalue weighted by molar-refractivity contribution is 8.00. The molecule has 0 aromatic carbocycles. The first-order valence-electron chi connectivity index (χ1n) is 9.77. The van der Waals surface area contributed by atoms with Crippen molar-refractivity contribution in [3.05, 3.63) is 34.0 Å². The highest BCUT2D eigenvalue weighted by Crippen LogP contribution is 2.44. The number of hydrogen-bond acceptors (Lipinski definition) is 6. The maximum atomic E-state index is 13.2. The summed E-state index contributed by atoms with van der Waals surface area (Å²) in [6.07, 6.45) is 6.13. The van der Waals surface area contributed by atoms with Crippen LogP contribution in [0.1, 0.15) is 44.1 Å². The van der Waals surface area contributed by atoms with Gasteiger partial charge in [0, 0.05) is 19.7 Å². The molecule has 1 saturated heterocycles. The van der Waals surface area contributed by atoms with Gasteiger partial charge in [0.1, 0.15) is 4.83 Å². The molecule has 2 atom stereocenters. The molecule has 1 aliphatic carbocycles. The van der Waals surface area contributed by atoms with Gasteiger partial charge in [-0.3, -0.25) is 14.2 Å². The van der Waals surface area contributed by atoms with Crippen LogP contribution >= 0.6 is 23.1 Å². The zero-order valence-corrected chi connectivity index (χ0v) is 17.6. The number of thiophene rings is 1. The van der Waals surface area contributed by atoms with Gasteiger partial charge in [-0.1, -0.05) is 17.8 Å². The second-order valence-electron chi connectivity index (χ2n) is 7.38. The Morgan fingerprint density at radius 3 is 3.04 bits per heavy atom. The van der Waals surface area contributed by atoms with Crippen LogP contribution in [0.3, 0.4) is 0 Å². The van der Waals surface area contributed by atoms with E-state index in [4.69, 9.17) is 9.72 Å². The van der Waals surface area contributed by atoms with E-state index in [1.807, 2.05) is 6.92 Å². The van der Waals surface area contributed by atoms with Crippen LogP contribution in [-0.4, -0.2) is 40.0 Å². The number of nitrogens with zero attached hydrogens (tertiary/aromatic N) is 2. The normalized spacial score (nSPS) is 20.4. The summed E-state index contributed by atoms with van der Waals surface area (Å²) in [6, 6.07) is 0. The van der Waals surface area contributed by atoms with Crippen LogP contribution in [0.25, 0.3) is 10.2 Å². The summed E-state index contributed by atoms with van der Waals surface area (Å²) in [5.74, 6) is 0.436. The molecule has 1 N–H and O–H groups in total. The monoisotopic (exact) mass is 419 g/mol. The van der Waals surface area contributed by atoms with Gasteiger partial charge in [0.15, 0.2) is 5.16 Å². The summed E-state index contributed by atoms with van der Waals surface area (Å²) in [5, 5.41) is 5.99. The lowest BCUT2D eigenvalue weighted by Crippen LogP contribution is -2.37. The molecule has 150 valence electrons. The van der Waals surface area contributed by atoms with Gasteiger partial charge in [-0.25, -0.2) is 4.98 Å². The Kier molecular flexibility index (Phi) is 5.89. The second kappa shape index (κ2) is 8.39. The Hall–Kier alpha value is -1.64. The van der Waals surface area contributed by atoms with Gasteiger partial charge in [0.2, 0.25) is 5.91 Å². The van der Waals surface area contributed by atoms with E-state index >= 15 is 0 Å². The van der Waals surface area contributed by atoms with Crippen LogP contribution in [0.2, 0.25) is 0 Å². The minimum atomic E-state index is -0.357. The van der Waals surface area contributed by atoms with Crippen molar-refractivity contribution in [2.24, 2.45) is 0 Å². The van der Waals surface area contributed by atoms with Crippen molar-refractivity contribution < 1.29 is 9.53 Å². The van der Waals surface area contributed by atoms with E-state index in [2.05, 4.69) is 17.3 Å². The Bertz CT molecular complexity index is 942. The van der Waals surface area contributed by atoms with Crippen LogP contribution in [0.15, 0.2) is 28.0 Å². The molecule has 2 aromatic heterocycles. The fourth-order valence-corrected chi connectivity index (χ4v) is 5.48. The van der Waals surface area contributed by atoms with Crippen molar-refractivity contribution >= 4 is 39.2 Å². The summed E-state index contributed by atoms with van der Waals surface area (Å²) in [7, 11) is 0. The van der Waals surface area contributed by atoms with Crippen LogP contribution in [0.4, 0.5) is 0 Å². The highest BCUT2D eigenvalue weighted by atomic mass is 32.2. The SMILES string of the molecule is C=CCn1c(SC(C)C(=O)NCC2CCCO2)nc2scc(C3CC3)c2c1=O. The molecule has 0 radical (unpaired) electrons. The van der Waals surface area contributed by atoms with Gasteiger partial charge >= 0.3 is 0 Å². The van der Waals surface area contributed by atoms with Crippen LogP contribution in [0.5, 0.6) is 0 Å². The Morgan fingerprint density at radius 1 is 1.54 bits per heavy atom. The largest absolute Gasteiger partial charge is 0.376 e. The lowest BCUT2D eigenvalue weighted by Gasteiger charge is -2.16. The third-order valence-electron chi connectivity index (χ3n) is 5.20. The molecular formula is C20H25N3O3S2. The summed E-state index contributed by atoms with van der Waals surface area (Å²) >= 11 is 2.84. The van der Waals surface area contributed by atoms with Gasteiger partial charge in [0.25, 0.3) is 5.56 Å². The quantitative estimate of drug-likeness (QED) is 0.404. The summed E-state index contributed by atoms with van der Waals surface area (Å²) in [5.41, 5.74) is 1.11. The zero-order chi connectivity index (χ0) is 19.7. The molecule has 1 saturated carbocycles. The maximum Gasteiger partial charge on any atom is 0.263 e. The van der Waals surface area contributed by atoms with E-state index in [1.54, 1.807) is 10.6 Å². The lowest BCUT2D eigenvalue weighted by atomic mass is 10.1. The molecule has 8 heteroatoms. The average molecular weight is 420 g/mol. The van der Waals surface area contributed by atoms with Crippen molar-refractivity contribution in [1.29, 1.82) is 0 Å². The van der Waals surface area contributed by atoms with E-state index < -0.39 is 0 Å². The van der Waals surface area contributed by atoms with E-state index in [0.717, 1.165) is 48.1 Å². The van der Waals surface area contributed by atoms with Gasteiger partial charge in [-0.2, -0.15) is 0 Å². The Morgan fingerprint density at radius 2 is 2.36 bits per heavy atom. The predicted octanol–water partition coefficient (Wildman–Crippen LogP) is 3.30. The van der Waals surface area contributed by atoms with E-state index in [1.165, 1.54) is 23.1 Å². The Balaban J connectivity index is 1.54. The van der Waals surface area contributed by atoms with Gasteiger partial charge in [-0.05, 0) is 49.5 Å². The first-order chi connectivity index (χ1) is 13.6. The molecular weight excluding hydrogens is 394 g/mol. The van der Waals surface area contributed by atoms with E-state index in [0.29, 0.717) is 24.2 Å². The molecule has 6 nitrogen and oxygen atoms in total. The van der Waals surface area contributed by atoms with Crippen molar-refractivity contribution in [2.45, 2.75) is 61.6 Å². The number of carbonyl (C=O) groups excluding carboxylic acids is 1. The number of thioether (sulfide) groups is 1. The number of ether oxygens (including phenoxy) is 1. The van der Waals surface area contributed by atoms with E-state index in [-0.39, 0.29) is 22.8 Å². The molecule has 4 rings (SSSR count). The van der Waals surface area contributed by atoms with Crippen molar-refractivity contribution in [2.75, 3.05) is 13.2 Å². The predicted molar refractivity (Wildman–Crippen MR) is 113 cm³/mol. The summed E-state index contributed by atoms with van der Waals surface area (Å²) in [6.45, 7) is 7.30. The number of hydrogen-bond donors (Lipinski definition) is 1. The van der Waals surface area contributed by atoms with Crippen molar-refractivity contribution in [3.8, 4) is 0 Å². The second-order valence-corrected chi connectivity index (χ2v) is 9.55. The number of fused-ring (bicyclic) bond motifs is 1. The minimum Gasteiger partial charge on any atom is -0.376 e. The minimum absolute atomic E-state index is 0.0255. The number of aromatic nitrogens is 2. The number of amides is 1. The average Bonchev–Trinajstić information content (AvgIpc) is 3.22. The topological polar surface area (TPSA) is 73.2 Å². The molecule has 2 aromatic rings. The van der Waals surface area contributed by atoms with E-state index in [9.17, 15) is 9.59 Å². The number of carbonyl (C=O) groups is 1. The summed E-state index contributed by atoms with van der Waals surface area (Å²) in [4.78, 5) is 31.2. The van der Waals surface area contributed by atoms with Gasteiger partial charge < -0.3 is 10.1 Å². The third-order valence-corrected chi connectivity index (χ3v) is 7.18. The zero-order valence-electron chi connectivity index (χ0n) is 16.0. The standard InChI is InChI=1S/C20H25N3O3S2/c1-3-8-23-19(25)16-15(13-6-7-13)11-27-18(16)22-20(23)28-12(2)17(24)21-10-14-5-4-9-26-14/h3,11-14H,1,4-10H2,2H3,(H,21,24). The van der Waals surface area contributed by atoms with Gasteiger partial charge in [0.05, 0.1) is 16.7 Å². The molecule has 2 unspecified atom stereocenters. The first-order valence-corrected chi connectivity index (χ1v) is 11.5. The molecule has 2 fully saturated rings. The molecule has 0 bridgehead atoms. The first kappa shape index (κ1) is 19.7. The molecule has 0 spiro atoms. The Labute approximate surface area is 172 Å². The number of rotatable bonds is 8. The van der Waals surface area contributed by atoms with Crippen LogP contribution in [0, 0.1) is 0 Å². The fraction of sp³-hybridized carbons (Fsp3) is 0.550. The molecule has 2 aliphatic rings. The molecule has 1 aliphatic heterocycles. The number of nitrogens with one attached hydrogen (secondary N) is 1. The van der Waals surface area contributed by atoms with Crippen molar-refractivity contribution in [3.63, 3.8) is 0 Å². The maximum absolute atomic E-state index is 13.2. The highest BCUT2D eigenvalue weighted by Gasteiger charge is 2.29. The molecule has 28 heavy (non-hydrogen) atoms. The molecule has 3 heterocycles. The number of allylic oxidation sites excluding steroid dienone is 1. The lowest BCUT2D eigenvalue weighted by molar-refractivity contribution is -0.120. The third kappa shape index (κ3) is 4.04. The fourth-order valence-electron chi connectivity index (χ4n) is 3.48. The van der Waals surface area contributed by atoms with Crippen LogP contribution in [-0.2, 0) is 16.1 Å².